The lowest BCUT2D eigenvalue weighted by Crippen LogP contribution is -2.25. The molecule has 1 saturated carbocycles. The monoisotopic (exact) mass is 373 g/mol. The van der Waals surface area contributed by atoms with Crippen molar-refractivity contribution in [1.82, 2.24) is 14.9 Å². The van der Waals surface area contributed by atoms with Gasteiger partial charge in [0.1, 0.15) is 23.0 Å². The van der Waals surface area contributed by atoms with Crippen LogP contribution in [-0.2, 0) is 13.0 Å². The largest absolute Gasteiger partial charge is 0.457 e. The first kappa shape index (κ1) is 17.0. The molecule has 0 spiro atoms. The van der Waals surface area contributed by atoms with Crippen LogP contribution >= 0.6 is 0 Å². The maximum Gasteiger partial charge on any atom is 0.271 e. The standard InChI is InChI=1S/C23H23N3O2/c27-23(24-18-9-10-18)21-15-26-14-17(8-13-22(26)25-21)16-6-11-20(12-7-16)28-19-4-2-1-3-5-19/h1-7,11-12,15,17-18H,8-10,13-14H2,(H,24,27). The maximum absolute atomic E-state index is 12.3. The molecule has 1 unspecified atom stereocenters. The Morgan fingerprint density at radius 2 is 1.75 bits per heavy atom. The SMILES string of the molecule is O=C(NC1CC1)c1cn2c(n1)CCC(c1ccc(Oc3ccccc3)cc1)C2. The second kappa shape index (κ2) is 7.15. The Kier molecular flexibility index (Phi) is 4.35. The van der Waals surface area contributed by atoms with Gasteiger partial charge in [-0.3, -0.25) is 4.79 Å². The van der Waals surface area contributed by atoms with Crippen LogP contribution in [0.2, 0.25) is 0 Å². The first-order chi connectivity index (χ1) is 13.7. The van der Waals surface area contributed by atoms with E-state index in [9.17, 15) is 4.79 Å². The zero-order valence-corrected chi connectivity index (χ0v) is 15.7. The number of rotatable bonds is 5. The van der Waals surface area contributed by atoms with Gasteiger partial charge < -0.3 is 14.6 Å². The van der Waals surface area contributed by atoms with E-state index in [0.29, 0.717) is 17.7 Å². The van der Waals surface area contributed by atoms with E-state index >= 15 is 0 Å². The molecule has 1 atom stereocenters. The summed E-state index contributed by atoms with van der Waals surface area (Å²) in [5.74, 6) is 3.08. The van der Waals surface area contributed by atoms with E-state index in [1.54, 1.807) is 0 Å². The summed E-state index contributed by atoms with van der Waals surface area (Å²) in [5, 5.41) is 3.02. The number of nitrogens with zero attached hydrogens (tertiary/aromatic N) is 2. The number of ether oxygens (including phenoxy) is 1. The van der Waals surface area contributed by atoms with Crippen molar-refractivity contribution >= 4 is 5.91 Å². The number of nitrogens with one attached hydrogen (secondary N) is 1. The number of amides is 1. The molecule has 2 heterocycles. The molecule has 1 fully saturated rings. The molecule has 142 valence electrons. The molecule has 1 aliphatic carbocycles. The topological polar surface area (TPSA) is 56.2 Å². The predicted octanol–water partition coefficient (Wildman–Crippen LogP) is 4.30. The lowest BCUT2D eigenvalue weighted by atomic mass is 9.91. The fourth-order valence-corrected chi connectivity index (χ4v) is 3.75. The zero-order chi connectivity index (χ0) is 18.9. The van der Waals surface area contributed by atoms with E-state index in [4.69, 9.17) is 4.74 Å². The third kappa shape index (κ3) is 3.65. The van der Waals surface area contributed by atoms with Crippen LogP contribution in [0.5, 0.6) is 11.5 Å². The Morgan fingerprint density at radius 1 is 1.00 bits per heavy atom. The quantitative estimate of drug-likeness (QED) is 0.725. The Balaban J connectivity index is 1.26. The van der Waals surface area contributed by atoms with E-state index in [2.05, 4.69) is 27.0 Å². The van der Waals surface area contributed by atoms with Gasteiger partial charge in [-0.1, -0.05) is 30.3 Å². The number of para-hydroxylation sites is 1. The first-order valence-electron chi connectivity index (χ1n) is 9.94. The molecule has 1 N–H and O–H groups in total. The normalized spacial score (nSPS) is 18.4. The van der Waals surface area contributed by atoms with Gasteiger partial charge in [-0.25, -0.2) is 4.98 Å². The number of hydrogen-bond acceptors (Lipinski definition) is 3. The number of fused-ring (bicyclic) bond motifs is 1. The summed E-state index contributed by atoms with van der Waals surface area (Å²) in [6.45, 7) is 0.859. The Hall–Kier alpha value is -3.08. The number of benzene rings is 2. The minimum absolute atomic E-state index is 0.0386. The average molecular weight is 373 g/mol. The first-order valence-corrected chi connectivity index (χ1v) is 9.94. The molecular formula is C23H23N3O2. The average Bonchev–Trinajstić information content (AvgIpc) is 3.43. The van der Waals surface area contributed by atoms with Crippen molar-refractivity contribution < 1.29 is 9.53 Å². The molecular weight excluding hydrogens is 350 g/mol. The van der Waals surface area contributed by atoms with Crippen molar-refractivity contribution in [2.24, 2.45) is 0 Å². The molecule has 2 aliphatic rings. The third-order valence-corrected chi connectivity index (χ3v) is 5.47. The molecule has 1 aromatic heterocycles. The smallest absolute Gasteiger partial charge is 0.271 e. The van der Waals surface area contributed by atoms with Gasteiger partial charge in [0.15, 0.2) is 0 Å². The van der Waals surface area contributed by atoms with E-state index < -0.39 is 0 Å². The van der Waals surface area contributed by atoms with Gasteiger partial charge in [-0.15, -0.1) is 0 Å². The minimum atomic E-state index is -0.0386. The van der Waals surface area contributed by atoms with Crippen molar-refractivity contribution in [1.29, 1.82) is 0 Å². The highest BCUT2D eigenvalue weighted by Crippen LogP contribution is 2.31. The van der Waals surface area contributed by atoms with Gasteiger partial charge in [0.05, 0.1) is 0 Å². The molecule has 0 bridgehead atoms. The van der Waals surface area contributed by atoms with Crippen molar-refractivity contribution in [2.75, 3.05) is 0 Å². The molecule has 0 radical (unpaired) electrons. The van der Waals surface area contributed by atoms with Crippen molar-refractivity contribution in [3.8, 4) is 11.5 Å². The van der Waals surface area contributed by atoms with Crippen LogP contribution in [0.25, 0.3) is 0 Å². The van der Waals surface area contributed by atoms with Gasteiger partial charge in [0, 0.05) is 31.1 Å². The summed E-state index contributed by atoms with van der Waals surface area (Å²) >= 11 is 0. The lowest BCUT2D eigenvalue weighted by molar-refractivity contribution is 0.0946. The number of carbonyl (C=O) groups excluding carboxylic acids is 1. The van der Waals surface area contributed by atoms with Gasteiger partial charge in [-0.05, 0) is 49.1 Å². The van der Waals surface area contributed by atoms with Crippen LogP contribution in [0.3, 0.4) is 0 Å². The molecule has 5 heteroatoms. The third-order valence-electron chi connectivity index (χ3n) is 5.47. The summed E-state index contributed by atoms with van der Waals surface area (Å²) in [5.41, 5.74) is 1.85. The van der Waals surface area contributed by atoms with Crippen molar-refractivity contribution in [3.05, 3.63) is 77.9 Å². The second-order valence-corrected chi connectivity index (χ2v) is 7.66. The van der Waals surface area contributed by atoms with E-state index in [1.165, 1.54) is 5.56 Å². The Morgan fingerprint density at radius 3 is 2.50 bits per heavy atom. The molecule has 0 saturated heterocycles. The molecule has 3 aromatic rings. The van der Waals surface area contributed by atoms with E-state index in [1.807, 2.05) is 48.7 Å². The van der Waals surface area contributed by atoms with E-state index in [0.717, 1.165) is 49.6 Å². The molecule has 5 nitrogen and oxygen atoms in total. The van der Waals surface area contributed by atoms with Crippen LogP contribution in [0.4, 0.5) is 0 Å². The second-order valence-electron chi connectivity index (χ2n) is 7.66. The number of imidazole rings is 1. The fourth-order valence-electron chi connectivity index (χ4n) is 3.75. The summed E-state index contributed by atoms with van der Waals surface area (Å²) < 4.78 is 8.03. The Labute approximate surface area is 164 Å². The summed E-state index contributed by atoms with van der Waals surface area (Å²) in [6, 6.07) is 18.5. The van der Waals surface area contributed by atoms with Gasteiger partial charge >= 0.3 is 0 Å². The zero-order valence-electron chi connectivity index (χ0n) is 15.7. The fraction of sp³-hybridized carbons (Fsp3) is 0.304. The van der Waals surface area contributed by atoms with E-state index in [-0.39, 0.29) is 5.91 Å². The van der Waals surface area contributed by atoms with Crippen LogP contribution in [0.15, 0.2) is 60.8 Å². The van der Waals surface area contributed by atoms with Crippen LogP contribution in [-0.4, -0.2) is 21.5 Å². The minimum Gasteiger partial charge on any atom is -0.457 e. The molecule has 28 heavy (non-hydrogen) atoms. The van der Waals surface area contributed by atoms with Crippen molar-refractivity contribution in [3.63, 3.8) is 0 Å². The molecule has 5 rings (SSSR count). The van der Waals surface area contributed by atoms with Gasteiger partial charge in [0.2, 0.25) is 0 Å². The molecule has 1 aliphatic heterocycles. The molecule has 1 amide bonds. The maximum atomic E-state index is 12.3. The molecule has 2 aromatic carbocycles. The number of carbonyl (C=O) groups is 1. The number of hydrogen-bond donors (Lipinski definition) is 1. The van der Waals surface area contributed by atoms with Crippen LogP contribution in [0.1, 0.15) is 47.1 Å². The van der Waals surface area contributed by atoms with Gasteiger partial charge in [-0.2, -0.15) is 0 Å². The highest BCUT2D eigenvalue weighted by Gasteiger charge is 2.27. The summed E-state index contributed by atoms with van der Waals surface area (Å²) in [6.07, 6.45) is 6.02. The predicted molar refractivity (Wildman–Crippen MR) is 107 cm³/mol. The lowest BCUT2D eigenvalue weighted by Gasteiger charge is -2.24. The van der Waals surface area contributed by atoms with Crippen molar-refractivity contribution in [2.45, 2.75) is 44.2 Å². The van der Waals surface area contributed by atoms with Gasteiger partial charge in [0.25, 0.3) is 5.91 Å². The highest BCUT2D eigenvalue weighted by molar-refractivity contribution is 5.92. The summed E-state index contributed by atoms with van der Waals surface area (Å²) in [4.78, 5) is 16.8. The highest BCUT2D eigenvalue weighted by atomic mass is 16.5. The Bertz CT molecular complexity index is 975. The number of aryl methyl sites for hydroxylation is 1. The van der Waals surface area contributed by atoms with Crippen LogP contribution in [0, 0.1) is 0 Å². The number of aromatic nitrogens is 2. The van der Waals surface area contributed by atoms with Crippen LogP contribution < -0.4 is 10.1 Å². The summed E-state index contributed by atoms with van der Waals surface area (Å²) in [7, 11) is 0.